The number of rotatable bonds is 4. The van der Waals surface area contributed by atoms with Gasteiger partial charge in [0.15, 0.2) is 5.69 Å². The van der Waals surface area contributed by atoms with E-state index in [2.05, 4.69) is 17.2 Å². The SMILES string of the molecule is CCN1Cc2c(C(=O)NN3CCCCC3)nc(-c3ccc(Cl)cc3Cl)n2-c2ccc(Cl)cc21. The summed E-state index contributed by atoms with van der Waals surface area (Å²) >= 11 is 19.1. The molecule has 3 heterocycles. The van der Waals surface area contributed by atoms with E-state index in [0.717, 1.165) is 49.5 Å². The van der Waals surface area contributed by atoms with Crippen molar-refractivity contribution in [3.8, 4) is 17.1 Å². The smallest absolute Gasteiger partial charge is 0.286 e. The van der Waals surface area contributed by atoms with Gasteiger partial charge in [0.25, 0.3) is 5.91 Å². The third kappa shape index (κ3) is 4.21. The van der Waals surface area contributed by atoms with Crippen LogP contribution in [0.15, 0.2) is 36.4 Å². The highest BCUT2D eigenvalue weighted by atomic mass is 35.5. The van der Waals surface area contributed by atoms with E-state index >= 15 is 0 Å². The first kappa shape index (κ1) is 22.5. The molecule has 6 nitrogen and oxygen atoms in total. The van der Waals surface area contributed by atoms with Crippen molar-refractivity contribution in [1.29, 1.82) is 0 Å². The number of amides is 1. The molecule has 2 aliphatic rings. The van der Waals surface area contributed by atoms with Gasteiger partial charge in [0.05, 0.1) is 28.6 Å². The summed E-state index contributed by atoms with van der Waals surface area (Å²) < 4.78 is 2.03. The van der Waals surface area contributed by atoms with Crippen molar-refractivity contribution < 1.29 is 4.79 Å². The van der Waals surface area contributed by atoms with E-state index in [1.54, 1.807) is 12.1 Å². The third-order valence-corrected chi connectivity index (χ3v) is 7.00. The number of halogens is 3. The average molecular weight is 505 g/mol. The van der Waals surface area contributed by atoms with Crippen LogP contribution in [0, 0.1) is 0 Å². The van der Waals surface area contributed by atoms with Gasteiger partial charge in [-0.25, -0.2) is 9.99 Å². The Morgan fingerprint density at radius 3 is 2.45 bits per heavy atom. The van der Waals surface area contributed by atoms with Crippen LogP contribution in [0.1, 0.15) is 42.4 Å². The number of fused-ring (bicyclic) bond motifs is 3. The largest absolute Gasteiger partial charge is 0.364 e. The summed E-state index contributed by atoms with van der Waals surface area (Å²) in [7, 11) is 0. The number of nitrogens with zero attached hydrogens (tertiary/aromatic N) is 4. The molecule has 2 aliphatic heterocycles. The minimum absolute atomic E-state index is 0.203. The highest BCUT2D eigenvalue weighted by Gasteiger charge is 2.32. The second-order valence-electron chi connectivity index (χ2n) is 8.33. The summed E-state index contributed by atoms with van der Waals surface area (Å²) in [5.41, 5.74) is 6.90. The van der Waals surface area contributed by atoms with Crippen molar-refractivity contribution in [1.82, 2.24) is 20.0 Å². The van der Waals surface area contributed by atoms with E-state index in [1.165, 1.54) is 6.42 Å². The first-order valence-corrected chi connectivity index (χ1v) is 12.3. The zero-order valence-electron chi connectivity index (χ0n) is 18.2. The maximum atomic E-state index is 13.4. The topological polar surface area (TPSA) is 53.4 Å². The van der Waals surface area contributed by atoms with E-state index in [4.69, 9.17) is 39.8 Å². The van der Waals surface area contributed by atoms with Gasteiger partial charge in [0, 0.05) is 35.2 Å². The van der Waals surface area contributed by atoms with Crippen LogP contribution in [0.4, 0.5) is 5.69 Å². The molecule has 0 unspecified atom stereocenters. The molecule has 1 fully saturated rings. The number of anilines is 1. The fraction of sp³-hybridized carbons (Fsp3) is 0.333. The fourth-order valence-corrected chi connectivity index (χ4v) is 5.24. The van der Waals surface area contributed by atoms with Gasteiger partial charge in [-0.15, -0.1) is 0 Å². The number of nitrogens with one attached hydrogen (secondary N) is 1. The fourth-order valence-electron chi connectivity index (χ4n) is 4.58. The second-order valence-corrected chi connectivity index (χ2v) is 9.61. The van der Waals surface area contributed by atoms with Gasteiger partial charge in [-0.2, -0.15) is 0 Å². The predicted octanol–water partition coefficient (Wildman–Crippen LogP) is 5.97. The molecule has 0 radical (unpaired) electrons. The minimum Gasteiger partial charge on any atom is -0.364 e. The number of piperidine rings is 1. The number of aromatic nitrogens is 2. The molecule has 9 heteroatoms. The lowest BCUT2D eigenvalue weighted by molar-refractivity contribution is 0.0744. The number of imidazole rings is 1. The lowest BCUT2D eigenvalue weighted by atomic mass is 10.1. The Kier molecular flexibility index (Phi) is 6.27. The van der Waals surface area contributed by atoms with Gasteiger partial charge in [-0.3, -0.25) is 14.8 Å². The van der Waals surface area contributed by atoms with Gasteiger partial charge in [0.1, 0.15) is 5.82 Å². The summed E-state index contributed by atoms with van der Waals surface area (Å²) in [6.07, 6.45) is 3.34. The maximum Gasteiger partial charge on any atom is 0.286 e. The van der Waals surface area contributed by atoms with E-state index < -0.39 is 0 Å². The molecule has 0 atom stereocenters. The molecule has 0 aliphatic carbocycles. The summed E-state index contributed by atoms with van der Waals surface area (Å²) in [4.78, 5) is 20.5. The highest BCUT2D eigenvalue weighted by Crippen LogP contribution is 2.40. The van der Waals surface area contributed by atoms with Crippen molar-refractivity contribution in [3.05, 3.63) is 62.9 Å². The van der Waals surface area contributed by atoms with Crippen molar-refractivity contribution in [3.63, 3.8) is 0 Å². The molecule has 3 aromatic rings. The molecule has 5 rings (SSSR count). The number of carbonyl (C=O) groups excluding carboxylic acids is 1. The Hall–Kier alpha value is -2.25. The van der Waals surface area contributed by atoms with Crippen LogP contribution in [-0.4, -0.2) is 40.1 Å². The van der Waals surface area contributed by atoms with Gasteiger partial charge in [0.2, 0.25) is 0 Å². The molecule has 172 valence electrons. The van der Waals surface area contributed by atoms with E-state index in [0.29, 0.717) is 38.7 Å². The van der Waals surface area contributed by atoms with E-state index in [-0.39, 0.29) is 5.91 Å². The Bertz CT molecular complexity index is 1220. The van der Waals surface area contributed by atoms with Gasteiger partial charge in [-0.05, 0) is 56.2 Å². The van der Waals surface area contributed by atoms with E-state index in [1.807, 2.05) is 33.8 Å². The molecular weight excluding hydrogens is 481 g/mol. The van der Waals surface area contributed by atoms with Gasteiger partial charge < -0.3 is 4.90 Å². The van der Waals surface area contributed by atoms with Crippen molar-refractivity contribution in [2.45, 2.75) is 32.7 Å². The van der Waals surface area contributed by atoms with Crippen LogP contribution in [0.5, 0.6) is 0 Å². The molecule has 1 amide bonds. The second kappa shape index (κ2) is 9.18. The van der Waals surface area contributed by atoms with Crippen LogP contribution in [0.25, 0.3) is 17.1 Å². The number of carbonyl (C=O) groups is 1. The highest BCUT2D eigenvalue weighted by molar-refractivity contribution is 6.36. The quantitative estimate of drug-likeness (QED) is 0.475. The zero-order valence-corrected chi connectivity index (χ0v) is 20.5. The molecule has 1 N–H and O–H groups in total. The van der Waals surface area contributed by atoms with Gasteiger partial charge >= 0.3 is 0 Å². The molecule has 1 saturated heterocycles. The molecule has 1 aromatic heterocycles. The summed E-state index contributed by atoms with van der Waals surface area (Å²) in [5.74, 6) is 0.403. The average Bonchev–Trinajstić information content (AvgIpc) is 3.18. The maximum absolute atomic E-state index is 13.4. The number of hydrogen-bond donors (Lipinski definition) is 1. The summed E-state index contributed by atoms with van der Waals surface area (Å²) in [6, 6.07) is 11.1. The zero-order chi connectivity index (χ0) is 23.1. The summed E-state index contributed by atoms with van der Waals surface area (Å²) in [5, 5.41) is 3.67. The van der Waals surface area contributed by atoms with Crippen LogP contribution >= 0.6 is 34.8 Å². The van der Waals surface area contributed by atoms with E-state index in [9.17, 15) is 4.79 Å². The normalized spacial score (nSPS) is 15.8. The Balaban J connectivity index is 1.67. The standard InChI is InChI=1S/C24H24Cl3N5O/c1-2-30-14-21-22(24(33)29-31-10-4-3-5-11-31)28-23(17-8-6-15(25)12-18(17)27)32(21)19-9-7-16(26)13-20(19)30/h6-9,12-13H,2-5,10-11,14H2,1H3,(H,29,33). The van der Waals surface area contributed by atoms with Crippen LogP contribution in [0.2, 0.25) is 15.1 Å². The van der Waals surface area contributed by atoms with Crippen LogP contribution in [-0.2, 0) is 6.54 Å². The number of benzene rings is 2. The minimum atomic E-state index is -0.203. The Morgan fingerprint density at radius 2 is 1.73 bits per heavy atom. The number of hydrogen-bond acceptors (Lipinski definition) is 4. The molecular formula is C24H24Cl3N5O. The molecule has 33 heavy (non-hydrogen) atoms. The predicted molar refractivity (Wildman–Crippen MR) is 134 cm³/mol. The molecule has 0 bridgehead atoms. The first-order valence-electron chi connectivity index (χ1n) is 11.1. The lowest BCUT2D eigenvalue weighted by Crippen LogP contribution is -2.45. The summed E-state index contributed by atoms with van der Waals surface area (Å²) in [6.45, 7) is 5.08. The Labute approximate surface area is 208 Å². The van der Waals surface area contributed by atoms with Crippen LogP contribution < -0.4 is 10.3 Å². The van der Waals surface area contributed by atoms with Crippen molar-refractivity contribution in [2.75, 3.05) is 24.5 Å². The van der Waals surface area contributed by atoms with Crippen LogP contribution in [0.3, 0.4) is 0 Å². The first-order chi connectivity index (χ1) is 16.0. The third-order valence-electron chi connectivity index (χ3n) is 6.22. The molecule has 0 spiro atoms. The van der Waals surface area contributed by atoms with Crippen molar-refractivity contribution >= 4 is 46.4 Å². The van der Waals surface area contributed by atoms with Gasteiger partial charge in [-0.1, -0.05) is 41.2 Å². The molecule has 0 saturated carbocycles. The van der Waals surface area contributed by atoms with Crippen molar-refractivity contribution in [2.24, 2.45) is 0 Å². The molecule has 2 aromatic carbocycles. The monoisotopic (exact) mass is 503 g/mol. The Morgan fingerprint density at radius 1 is 1.00 bits per heavy atom. The number of hydrazine groups is 1. The lowest BCUT2D eigenvalue weighted by Gasteiger charge is -2.32.